The van der Waals surface area contributed by atoms with Crippen molar-refractivity contribution >= 4 is 17.5 Å². The van der Waals surface area contributed by atoms with E-state index in [0.717, 1.165) is 19.6 Å². The Balaban J connectivity index is 2.31. The first-order valence-corrected chi connectivity index (χ1v) is 6.98. The van der Waals surface area contributed by atoms with Gasteiger partial charge in [-0.1, -0.05) is 0 Å². The summed E-state index contributed by atoms with van der Waals surface area (Å²) >= 11 is 5.78. The van der Waals surface area contributed by atoms with E-state index < -0.39 is 5.41 Å². The summed E-state index contributed by atoms with van der Waals surface area (Å²) < 4.78 is 0. The van der Waals surface area contributed by atoms with Crippen LogP contribution in [0.4, 0.5) is 0 Å². The van der Waals surface area contributed by atoms with Gasteiger partial charge in [-0.3, -0.25) is 4.79 Å². The number of likely N-dealkylation sites (tertiary alicyclic amines) is 1. The van der Waals surface area contributed by atoms with E-state index in [0.29, 0.717) is 17.8 Å². The Hall–Kier alpha value is -0.280. The molecular weight excluding hydrogens is 236 g/mol. The number of amides is 1. The van der Waals surface area contributed by atoms with Gasteiger partial charge in [0.15, 0.2) is 0 Å². The zero-order chi connectivity index (χ0) is 13.1. The van der Waals surface area contributed by atoms with Crippen molar-refractivity contribution in [3.63, 3.8) is 0 Å². The van der Waals surface area contributed by atoms with E-state index in [4.69, 9.17) is 11.6 Å². The number of carbonyl (C=O) groups excluding carboxylic acids is 1. The van der Waals surface area contributed by atoms with Crippen LogP contribution in [0.3, 0.4) is 0 Å². The minimum absolute atomic E-state index is 0.0653. The molecule has 1 aliphatic heterocycles. The molecule has 0 spiro atoms. The first kappa shape index (κ1) is 14.8. The highest BCUT2D eigenvalue weighted by atomic mass is 35.5. The third-order valence-electron chi connectivity index (χ3n) is 3.55. The molecule has 1 atom stereocenters. The lowest BCUT2D eigenvalue weighted by atomic mass is 9.95. The van der Waals surface area contributed by atoms with Crippen LogP contribution in [-0.4, -0.2) is 42.4 Å². The number of hydrogen-bond acceptors (Lipinski definition) is 2. The molecule has 1 fully saturated rings. The Morgan fingerprint density at radius 2 is 2.18 bits per heavy atom. The number of alkyl halides is 1. The van der Waals surface area contributed by atoms with E-state index >= 15 is 0 Å². The smallest absolute Gasteiger partial charge is 0.226 e. The van der Waals surface area contributed by atoms with Crippen LogP contribution in [0.1, 0.15) is 34.1 Å². The van der Waals surface area contributed by atoms with Gasteiger partial charge < -0.3 is 10.2 Å². The standard InChI is InChI=1S/C13H25ClN2O/c1-10(2)16-6-5-11(8-16)7-15-12(17)13(3,4)9-14/h10-11H,5-9H2,1-4H3,(H,15,17). The SMILES string of the molecule is CC(C)N1CCC(CNC(=O)C(C)(C)CCl)C1. The molecule has 0 aromatic carbocycles. The van der Waals surface area contributed by atoms with Crippen molar-refractivity contribution in [1.82, 2.24) is 10.2 Å². The van der Waals surface area contributed by atoms with Crippen molar-refractivity contribution in [3.05, 3.63) is 0 Å². The van der Waals surface area contributed by atoms with E-state index in [1.54, 1.807) is 0 Å². The lowest BCUT2D eigenvalue weighted by molar-refractivity contribution is -0.128. The fraction of sp³-hybridized carbons (Fsp3) is 0.923. The lowest BCUT2D eigenvalue weighted by Gasteiger charge is -2.23. The fourth-order valence-corrected chi connectivity index (χ4v) is 2.16. The van der Waals surface area contributed by atoms with E-state index in [1.165, 1.54) is 6.42 Å². The van der Waals surface area contributed by atoms with Crippen molar-refractivity contribution in [2.75, 3.05) is 25.5 Å². The molecule has 0 bridgehead atoms. The predicted octanol–water partition coefficient (Wildman–Crippen LogP) is 2.10. The third kappa shape index (κ3) is 4.14. The summed E-state index contributed by atoms with van der Waals surface area (Å²) in [5, 5.41) is 3.03. The van der Waals surface area contributed by atoms with Gasteiger partial charge in [-0.25, -0.2) is 0 Å². The number of rotatable bonds is 5. The summed E-state index contributed by atoms with van der Waals surface area (Å²) in [6.45, 7) is 11.2. The Morgan fingerprint density at radius 3 is 2.65 bits per heavy atom. The van der Waals surface area contributed by atoms with Gasteiger partial charge >= 0.3 is 0 Å². The predicted molar refractivity (Wildman–Crippen MR) is 72.3 cm³/mol. The van der Waals surface area contributed by atoms with E-state index in [1.807, 2.05) is 13.8 Å². The Morgan fingerprint density at radius 1 is 1.53 bits per heavy atom. The molecule has 4 heteroatoms. The quantitative estimate of drug-likeness (QED) is 0.768. The zero-order valence-corrected chi connectivity index (χ0v) is 12.2. The monoisotopic (exact) mass is 260 g/mol. The second-order valence-electron chi connectivity index (χ2n) is 5.97. The molecule has 1 aliphatic rings. The molecule has 1 amide bonds. The van der Waals surface area contributed by atoms with E-state index in [9.17, 15) is 4.79 Å². The molecule has 0 saturated carbocycles. The summed E-state index contributed by atoms with van der Waals surface area (Å²) in [5.41, 5.74) is -0.460. The van der Waals surface area contributed by atoms with Crippen LogP contribution in [0.5, 0.6) is 0 Å². The molecule has 1 rings (SSSR count). The zero-order valence-electron chi connectivity index (χ0n) is 11.4. The van der Waals surface area contributed by atoms with Gasteiger partial charge in [0.1, 0.15) is 0 Å². The summed E-state index contributed by atoms with van der Waals surface area (Å²) in [7, 11) is 0. The number of nitrogens with one attached hydrogen (secondary N) is 1. The van der Waals surface area contributed by atoms with Gasteiger partial charge in [0.05, 0.1) is 5.41 Å². The molecule has 3 nitrogen and oxygen atoms in total. The van der Waals surface area contributed by atoms with Gasteiger partial charge in [0.25, 0.3) is 0 Å². The average Bonchev–Trinajstić information content (AvgIpc) is 2.74. The Kier molecular flexibility index (Phi) is 5.26. The molecule has 0 aromatic rings. The highest BCUT2D eigenvalue weighted by Gasteiger charge is 2.29. The van der Waals surface area contributed by atoms with Gasteiger partial charge in [-0.2, -0.15) is 0 Å². The molecule has 0 radical (unpaired) electrons. The molecular formula is C13H25ClN2O. The Bertz CT molecular complexity index is 266. The van der Waals surface area contributed by atoms with E-state index in [-0.39, 0.29) is 5.91 Å². The van der Waals surface area contributed by atoms with Crippen molar-refractivity contribution in [2.45, 2.75) is 40.2 Å². The van der Waals surface area contributed by atoms with E-state index in [2.05, 4.69) is 24.1 Å². The Labute approximate surface area is 110 Å². The summed E-state index contributed by atoms with van der Waals surface area (Å²) in [6, 6.07) is 0.606. The van der Waals surface area contributed by atoms with Crippen molar-refractivity contribution in [2.24, 2.45) is 11.3 Å². The van der Waals surface area contributed by atoms with Crippen molar-refractivity contribution < 1.29 is 4.79 Å². The van der Waals surface area contributed by atoms with Crippen LogP contribution >= 0.6 is 11.6 Å². The molecule has 0 aliphatic carbocycles. The minimum atomic E-state index is -0.460. The first-order chi connectivity index (χ1) is 7.86. The van der Waals surface area contributed by atoms with Crippen LogP contribution in [-0.2, 0) is 4.79 Å². The first-order valence-electron chi connectivity index (χ1n) is 6.45. The van der Waals surface area contributed by atoms with Gasteiger partial charge in [-0.05, 0) is 46.6 Å². The molecule has 1 N–H and O–H groups in total. The lowest BCUT2D eigenvalue weighted by Crippen LogP contribution is -2.41. The topological polar surface area (TPSA) is 32.3 Å². The van der Waals surface area contributed by atoms with Crippen molar-refractivity contribution in [3.8, 4) is 0 Å². The van der Waals surface area contributed by atoms with Crippen LogP contribution < -0.4 is 5.32 Å². The average molecular weight is 261 g/mol. The highest BCUT2D eigenvalue weighted by molar-refractivity contribution is 6.19. The second-order valence-corrected chi connectivity index (χ2v) is 6.24. The maximum Gasteiger partial charge on any atom is 0.226 e. The highest BCUT2D eigenvalue weighted by Crippen LogP contribution is 2.20. The normalized spacial score (nSPS) is 22.1. The van der Waals surface area contributed by atoms with Crippen LogP contribution in [0, 0.1) is 11.3 Å². The van der Waals surface area contributed by atoms with Gasteiger partial charge in [0.2, 0.25) is 5.91 Å². The number of halogens is 1. The molecule has 1 unspecified atom stereocenters. The largest absolute Gasteiger partial charge is 0.355 e. The molecule has 1 saturated heterocycles. The number of carbonyl (C=O) groups is 1. The maximum atomic E-state index is 11.9. The maximum absolute atomic E-state index is 11.9. The van der Waals surface area contributed by atoms with Crippen LogP contribution in [0.2, 0.25) is 0 Å². The molecule has 100 valence electrons. The van der Waals surface area contributed by atoms with Crippen LogP contribution in [0.15, 0.2) is 0 Å². The number of hydrogen-bond donors (Lipinski definition) is 1. The fourth-order valence-electron chi connectivity index (χ4n) is 2.04. The van der Waals surface area contributed by atoms with Gasteiger partial charge in [0, 0.05) is 25.0 Å². The summed E-state index contributed by atoms with van der Waals surface area (Å²) in [4.78, 5) is 14.3. The van der Waals surface area contributed by atoms with Crippen LogP contribution in [0.25, 0.3) is 0 Å². The molecule has 1 heterocycles. The summed E-state index contributed by atoms with van der Waals surface area (Å²) in [5.74, 6) is 1.02. The van der Waals surface area contributed by atoms with Gasteiger partial charge in [-0.15, -0.1) is 11.6 Å². The van der Waals surface area contributed by atoms with Crippen molar-refractivity contribution in [1.29, 1.82) is 0 Å². The number of nitrogens with zero attached hydrogens (tertiary/aromatic N) is 1. The molecule has 17 heavy (non-hydrogen) atoms. The third-order valence-corrected chi connectivity index (χ3v) is 4.22. The second kappa shape index (κ2) is 6.05. The molecule has 0 aromatic heterocycles. The minimum Gasteiger partial charge on any atom is -0.355 e. The summed E-state index contributed by atoms with van der Waals surface area (Å²) in [6.07, 6.45) is 1.18.